The summed E-state index contributed by atoms with van der Waals surface area (Å²) >= 11 is 0. The molecule has 274 valence electrons. The van der Waals surface area contributed by atoms with Crippen LogP contribution in [-0.2, 0) is 4.79 Å². The molecule has 0 spiro atoms. The number of allylic oxidation sites excluding steroid dienone is 2. The standard InChI is InChI=1S/C41H81NO4/c1-3-5-7-9-11-13-15-17-19-21-23-25-27-29-31-33-35-40(45)39(37-43)42-41(46)36-38(44)34-32-30-28-26-24-22-20-18-16-14-12-10-8-6-4-2/h18,20,38-40,43-45H,3-17,19,21-37H2,1-2H3,(H,42,46)/b20-18-. The van der Waals surface area contributed by atoms with Crippen molar-refractivity contribution in [2.75, 3.05) is 6.61 Å². The van der Waals surface area contributed by atoms with Crippen molar-refractivity contribution in [2.24, 2.45) is 0 Å². The Balaban J connectivity index is 3.64. The smallest absolute Gasteiger partial charge is 0.222 e. The highest BCUT2D eigenvalue weighted by atomic mass is 16.3. The normalized spacial score (nSPS) is 13.8. The molecule has 1 amide bonds. The number of hydrogen-bond donors (Lipinski definition) is 4. The third-order valence-corrected chi connectivity index (χ3v) is 9.58. The van der Waals surface area contributed by atoms with E-state index in [1.807, 2.05) is 0 Å². The van der Waals surface area contributed by atoms with Crippen LogP contribution in [0.25, 0.3) is 0 Å². The molecule has 4 N–H and O–H groups in total. The summed E-state index contributed by atoms with van der Waals surface area (Å²) in [4.78, 5) is 12.4. The summed E-state index contributed by atoms with van der Waals surface area (Å²) in [6.07, 6.45) is 41.6. The summed E-state index contributed by atoms with van der Waals surface area (Å²) in [7, 11) is 0. The summed E-state index contributed by atoms with van der Waals surface area (Å²) < 4.78 is 0. The van der Waals surface area contributed by atoms with Crippen molar-refractivity contribution in [3.05, 3.63) is 12.2 Å². The fourth-order valence-electron chi connectivity index (χ4n) is 6.40. The first-order valence-electron chi connectivity index (χ1n) is 20.5. The topological polar surface area (TPSA) is 89.8 Å². The van der Waals surface area contributed by atoms with Crippen molar-refractivity contribution < 1.29 is 20.1 Å². The van der Waals surface area contributed by atoms with E-state index >= 15 is 0 Å². The molecule has 3 atom stereocenters. The van der Waals surface area contributed by atoms with Crippen LogP contribution in [0.2, 0.25) is 0 Å². The molecule has 0 aromatic rings. The van der Waals surface area contributed by atoms with Gasteiger partial charge in [0.2, 0.25) is 5.91 Å². The van der Waals surface area contributed by atoms with E-state index < -0.39 is 18.2 Å². The molecule has 3 unspecified atom stereocenters. The van der Waals surface area contributed by atoms with Crippen LogP contribution in [0.3, 0.4) is 0 Å². The Morgan fingerprint density at radius 2 is 0.870 bits per heavy atom. The van der Waals surface area contributed by atoms with Crippen molar-refractivity contribution in [3.63, 3.8) is 0 Å². The van der Waals surface area contributed by atoms with Gasteiger partial charge in [0, 0.05) is 0 Å². The van der Waals surface area contributed by atoms with Gasteiger partial charge >= 0.3 is 0 Å². The molecule has 46 heavy (non-hydrogen) atoms. The Kier molecular flexibility index (Phi) is 36.2. The zero-order valence-electron chi connectivity index (χ0n) is 31.0. The Morgan fingerprint density at radius 3 is 1.26 bits per heavy atom. The van der Waals surface area contributed by atoms with Gasteiger partial charge in [-0.25, -0.2) is 0 Å². The maximum atomic E-state index is 12.4. The van der Waals surface area contributed by atoms with Gasteiger partial charge in [-0.1, -0.05) is 187 Å². The average molecular weight is 652 g/mol. The molecular weight excluding hydrogens is 570 g/mol. The van der Waals surface area contributed by atoms with E-state index in [1.165, 1.54) is 154 Å². The maximum Gasteiger partial charge on any atom is 0.222 e. The van der Waals surface area contributed by atoms with Gasteiger partial charge in [-0.05, 0) is 38.5 Å². The van der Waals surface area contributed by atoms with Gasteiger partial charge in [-0.2, -0.15) is 0 Å². The molecule has 0 aromatic heterocycles. The van der Waals surface area contributed by atoms with Crippen LogP contribution in [-0.4, -0.2) is 46.1 Å². The van der Waals surface area contributed by atoms with Gasteiger partial charge in [0.25, 0.3) is 0 Å². The second-order valence-electron chi connectivity index (χ2n) is 14.2. The molecular formula is C41H81NO4. The Labute approximate surface area is 287 Å². The lowest BCUT2D eigenvalue weighted by molar-refractivity contribution is -0.125. The third-order valence-electron chi connectivity index (χ3n) is 9.58. The summed E-state index contributed by atoms with van der Waals surface area (Å²) in [5.74, 6) is -0.287. The molecule has 0 rings (SSSR count). The first-order chi connectivity index (χ1) is 22.5. The van der Waals surface area contributed by atoms with Crippen LogP contribution in [0, 0.1) is 0 Å². The zero-order valence-corrected chi connectivity index (χ0v) is 31.0. The fourth-order valence-corrected chi connectivity index (χ4v) is 6.40. The highest BCUT2D eigenvalue weighted by Crippen LogP contribution is 2.16. The number of rotatable bonds is 37. The minimum Gasteiger partial charge on any atom is -0.394 e. The van der Waals surface area contributed by atoms with Crippen molar-refractivity contribution in [2.45, 2.75) is 238 Å². The van der Waals surface area contributed by atoms with Crippen LogP contribution in [0.15, 0.2) is 12.2 Å². The molecule has 0 aliphatic heterocycles. The van der Waals surface area contributed by atoms with Crippen LogP contribution in [0.4, 0.5) is 0 Å². The fraction of sp³-hybridized carbons (Fsp3) is 0.927. The number of carbonyl (C=O) groups is 1. The van der Waals surface area contributed by atoms with E-state index in [4.69, 9.17) is 0 Å². The quantitative estimate of drug-likeness (QED) is 0.0397. The van der Waals surface area contributed by atoms with E-state index in [0.717, 1.165) is 32.1 Å². The monoisotopic (exact) mass is 652 g/mol. The Hall–Kier alpha value is -0.910. The van der Waals surface area contributed by atoms with Crippen molar-refractivity contribution in [1.82, 2.24) is 5.32 Å². The minimum atomic E-state index is -0.747. The van der Waals surface area contributed by atoms with Crippen molar-refractivity contribution in [1.29, 1.82) is 0 Å². The number of nitrogens with one attached hydrogen (secondary N) is 1. The van der Waals surface area contributed by atoms with Gasteiger partial charge < -0.3 is 20.6 Å². The first-order valence-corrected chi connectivity index (χ1v) is 20.5. The number of unbranched alkanes of at least 4 members (excludes halogenated alkanes) is 26. The Bertz CT molecular complexity index is 640. The van der Waals surface area contributed by atoms with E-state index in [9.17, 15) is 20.1 Å². The average Bonchev–Trinajstić information content (AvgIpc) is 3.05. The number of aliphatic hydroxyl groups excluding tert-OH is 3. The minimum absolute atomic E-state index is 0.0334. The van der Waals surface area contributed by atoms with Crippen LogP contribution < -0.4 is 5.32 Å². The van der Waals surface area contributed by atoms with Gasteiger partial charge in [0.05, 0.1) is 31.3 Å². The molecule has 0 bridgehead atoms. The number of aliphatic hydroxyl groups is 3. The molecule has 0 aliphatic rings. The SMILES string of the molecule is CCCCCCCC/C=C\CCCCCCCC(O)CC(=O)NC(CO)C(O)CCCCCCCCCCCCCCCCCC. The molecule has 0 radical (unpaired) electrons. The zero-order chi connectivity index (χ0) is 33.8. The molecule has 0 fully saturated rings. The van der Waals surface area contributed by atoms with E-state index in [1.54, 1.807) is 0 Å². The van der Waals surface area contributed by atoms with Crippen molar-refractivity contribution in [3.8, 4) is 0 Å². The molecule has 0 aliphatic carbocycles. The van der Waals surface area contributed by atoms with E-state index in [2.05, 4.69) is 31.3 Å². The summed E-state index contributed by atoms with van der Waals surface area (Å²) in [5.41, 5.74) is 0. The largest absolute Gasteiger partial charge is 0.394 e. The highest BCUT2D eigenvalue weighted by Gasteiger charge is 2.21. The molecule has 0 saturated carbocycles. The van der Waals surface area contributed by atoms with E-state index in [0.29, 0.717) is 12.8 Å². The van der Waals surface area contributed by atoms with Gasteiger partial charge in [-0.15, -0.1) is 0 Å². The molecule has 0 heterocycles. The second kappa shape index (κ2) is 36.9. The Morgan fingerprint density at radius 1 is 0.522 bits per heavy atom. The predicted molar refractivity (Wildman–Crippen MR) is 199 cm³/mol. The van der Waals surface area contributed by atoms with Gasteiger partial charge in [-0.3, -0.25) is 4.79 Å². The summed E-state index contributed by atoms with van der Waals surface area (Å²) in [6, 6.07) is -0.657. The molecule has 0 aromatic carbocycles. The third kappa shape index (κ3) is 33.0. The second-order valence-corrected chi connectivity index (χ2v) is 14.2. The van der Waals surface area contributed by atoms with Gasteiger partial charge in [0.1, 0.15) is 0 Å². The number of carbonyl (C=O) groups excluding carboxylic acids is 1. The first kappa shape index (κ1) is 45.1. The highest BCUT2D eigenvalue weighted by molar-refractivity contribution is 5.76. The van der Waals surface area contributed by atoms with Crippen LogP contribution in [0.5, 0.6) is 0 Å². The van der Waals surface area contributed by atoms with E-state index in [-0.39, 0.29) is 18.9 Å². The van der Waals surface area contributed by atoms with Crippen LogP contribution >= 0.6 is 0 Å². The molecule has 0 saturated heterocycles. The molecule has 5 nitrogen and oxygen atoms in total. The lowest BCUT2D eigenvalue weighted by Gasteiger charge is -2.23. The number of amides is 1. The van der Waals surface area contributed by atoms with Gasteiger partial charge in [0.15, 0.2) is 0 Å². The summed E-state index contributed by atoms with van der Waals surface area (Å²) in [6.45, 7) is 4.26. The predicted octanol–water partition coefficient (Wildman–Crippen LogP) is 11.3. The number of hydrogen-bond acceptors (Lipinski definition) is 4. The lowest BCUT2D eigenvalue weighted by atomic mass is 10.0. The van der Waals surface area contributed by atoms with Crippen LogP contribution in [0.1, 0.15) is 219 Å². The lowest BCUT2D eigenvalue weighted by Crippen LogP contribution is -2.46. The van der Waals surface area contributed by atoms with Crippen molar-refractivity contribution >= 4 is 5.91 Å². The molecule has 5 heteroatoms. The maximum absolute atomic E-state index is 12.4. The summed E-state index contributed by atoms with van der Waals surface area (Å²) in [5, 5.41) is 33.3.